The number of nitrogens with zero attached hydrogens (tertiary/aromatic N) is 4. The summed E-state index contributed by atoms with van der Waals surface area (Å²) in [5, 5.41) is 12.7. The molecular weight excluding hydrogens is 308 g/mol. The fourth-order valence-electron chi connectivity index (χ4n) is 2.83. The molecule has 0 spiro atoms. The number of hydrogen-bond acceptors (Lipinski definition) is 4. The number of hydrogen-bond donors (Lipinski definition) is 1. The van der Waals surface area contributed by atoms with Crippen LogP contribution in [0, 0.1) is 0 Å². The highest BCUT2D eigenvalue weighted by atomic mass is 16.4. The molecule has 0 saturated carbocycles. The van der Waals surface area contributed by atoms with Crippen molar-refractivity contribution in [1.29, 1.82) is 0 Å². The average Bonchev–Trinajstić information content (AvgIpc) is 3.03. The molecule has 0 unspecified atom stereocenters. The number of rotatable bonds is 5. The van der Waals surface area contributed by atoms with Crippen molar-refractivity contribution >= 4 is 11.9 Å². The first kappa shape index (κ1) is 16.2. The van der Waals surface area contributed by atoms with Crippen LogP contribution in [-0.4, -0.2) is 62.7 Å². The molecule has 1 aromatic carbocycles. The Bertz CT molecular complexity index is 706. The van der Waals surface area contributed by atoms with E-state index in [0.29, 0.717) is 18.7 Å². The van der Waals surface area contributed by atoms with E-state index < -0.39 is 5.97 Å². The molecule has 0 bridgehead atoms. The predicted molar refractivity (Wildman–Crippen MR) is 87.5 cm³/mol. The second-order valence-corrected chi connectivity index (χ2v) is 5.87. The molecule has 1 aliphatic rings. The van der Waals surface area contributed by atoms with Crippen molar-refractivity contribution in [2.24, 2.45) is 0 Å². The first-order valence-corrected chi connectivity index (χ1v) is 7.91. The van der Waals surface area contributed by atoms with E-state index in [9.17, 15) is 9.59 Å². The molecule has 0 aliphatic carbocycles. The number of carbonyl (C=O) groups is 2. The highest BCUT2D eigenvalue weighted by molar-refractivity contribution is 5.93. The second kappa shape index (κ2) is 7.27. The molecular formula is C17H20N4O3. The van der Waals surface area contributed by atoms with Crippen molar-refractivity contribution in [3.05, 3.63) is 53.9 Å². The van der Waals surface area contributed by atoms with Gasteiger partial charge in [0, 0.05) is 38.9 Å². The molecule has 3 rings (SSSR count). The van der Waals surface area contributed by atoms with E-state index >= 15 is 0 Å². The maximum atomic E-state index is 12.5. The van der Waals surface area contributed by atoms with Crippen LogP contribution in [0.1, 0.15) is 15.9 Å². The second-order valence-electron chi connectivity index (χ2n) is 5.87. The Kier molecular flexibility index (Phi) is 4.90. The van der Waals surface area contributed by atoms with Crippen molar-refractivity contribution in [2.75, 3.05) is 26.2 Å². The van der Waals surface area contributed by atoms with Crippen LogP contribution in [0.25, 0.3) is 0 Å². The van der Waals surface area contributed by atoms with Crippen molar-refractivity contribution in [1.82, 2.24) is 19.6 Å². The van der Waals surface area contributed by atoms with Gasteiger partial charge in [0.25, 0.3) is 5.91 Å². The molecule has 7 nitrogen and oxygen atoms in total. The van der Waals surface area contributed by atoms with Gasteiger partial charge in [-0.25, -0.2) is 0 Å². The Labute approximate surface area is 140 Å². The topological polar surface area (TPSA) is 78.7 Å². The highest BCUT2D eigenvalue weighted by Gasteiger charge is 2.23. The number of carboxylic acid groups (broad SMARTS) is 1. The van der Waals surface area contributed by atoms with E-state index in [-0.39, 0.29) is 12.5 Å². The number of benzene rings is 1. The van der Waals surface area contributed by atoms with Gasteiger partial charge in [0.2, 0.25) is 0 Å². The van der Waals surface area contributed by atoms with Crippen molar-refractivity contribution in [2.45, 2.75) is 13.1 Å². The molecule has 1 N–H and O–H groups in total. The highest BCUT2D eigenvalue weighted by Crippen LogP contribution is 2.11. The molecule has 2 heterocycles. The Morgan fingerprint density at radius 3 is 2.46 bits per heavy atom. The summed E-state index contributed by atoms with van der Waals surface area (Å²) in [5.74, 6) is -1.07. The van der Waals surface area contributed by atoms with Gasteiger partial charge in [-0.3, -0.25) is 19.2 Å². The normalized spacial score (nSPS) is 15.4. The lowest BCUT2D eigenvalue weighted by atomic mass is 10.2. The molecule has 0 radical (unpaired) electrons. The fourth-order valence-corrected chi connectivity index (χ4v) is 2.83. The number of carboxylic acids is 1. The zero-order chi connectivity index (χ0) is 16.9. The minimum atomic E-state index is -0.980. The van der Waals surface area contributed by atoms with Crippen LogP contribution in [0.2, 0.25) is 0 Å². The van der Waals surface area contributed by atoms with Gasteiger partial charge in [-0.1, -0.05) is 30.3 Å². The van der Waals surface area contributed by atoms with Crippen LogP contribution in [-0.2, 0) is 17.9 Å². The quantitative estimate of drug-likeness (QED) is 0.883. The van der Waals surface area contributed by atoms with Crippen LogP contribution in [0.5, 0.6) is 0 Å². The Morgan fingerprint density at radius 2 is 1.79 bits per heavy atom. The van der Waals surface area contributed by atoms with Crippen LogP contribution >= 0.6 is 0 Å². The third kappa shape index (κ3) is 3.99. The number of aliphatic carboxylic acids is 1. The van der Waals surface area contributed by atoms with Gasteiger partial charge in [0.1, 0.15) is 6.54 Å². The summed E-state index contributed by atoms with van der Waals surface area (Å²) >= 11 is 0. The van der Waals surface area contributed by atoms with E-state index in [0.717, 1.165) is 19.6 Å². The number of amides is 1. The van der Waals surface area contributed by atoms with E-state index in [1.54, 1.807) is 4.90 Å². The van der Waals surface area contributed by atoms with E-state index in [1.807, 2.05) is 18.2 Å². The van der Waals surface area contributed by atoms with Gasteiger partial charge in [0.15, 0.2) is 0 Å². The third-order valence-corrected chi connectivity index (χ3v) is 4.09. The number of carbonyl (C=O) groups excluding carboxylic acids is 1. The monoisotopic (exact) mass is 328 g/mol. The Balaban J connectivity index is 1.53. The largest absolute Gasteiger partial charge is 0.480 e. The summed E-state index contributed by atoms with van der Waals surface area (Å²) in [7, 11) is 0. The van der Waals surface area contributed by atoms with Gasteiger partial charge < -0.3 is 10.0 Å². The maximum Gasteiger partial charge on any atom is 0.325 e. The van der Waals surface area contributed by atoms with Crippen LogP contribution in [0.4, 0.5) is 0 Å². The fraction of sp³-hybridized carbons (Fsp3) is 0.353. The van der Waals surface area contributed by atoms with Gasteiger partial charge in [0.05, 0.1) is 11.8 Å². The summed E-state index contributed by atoms with van der Waals surface area (Å²) in [5.41, 5.74) is 1.71. The summed E-state index contributed by atoms with van der Waals surface area (Å²) in [6.07, 6.45) is 2.93. The Morgan fingerprint density at radius 1 is 1.08 bits per heavy atom. The predicted octanol–water partition coefficient (Wildman–Crippen LogP) is 0.926. The minimum absolute atomic E-state index is 0.0917. The zero-order valence-electron chi connectivity index (χ0n) is 13.3. The first-order chi connectivity index (χ1) is 11.6. The van der Waals surface area contributed by atoms with Crippen LogP contribution in [0.15, 0.2) is 42.7 Å². The van der Waals surface area contributed by atoms with Crippen molar-refractivity contribution < 1.29 is 14.7 Å². The number of aromatic nitrogens is 2. The minimum Gasteiger partial charge on any atom is -0.480 e. The summed E-state index contributed by atoms with van der Waals surface area (Å²) < 4.78 is 1.27. The summed E-state index contributed by atoms with van der Waals surface area (Å²) in [6.45, 7) is 3.62. The lowest BCUT2D eigenvalue weighted by molar-refractivity contribution is -0.137. The molecule has 1 aromatic heterocycles. The molecule has 7 heteroatoms. The maximum absolute atomic E-state index is 12.5. The van der Waals surface area contributed by atoms with E-state index in [2.05, 4.69) is 22.1 Å². The molecule has 126 valence electrons. The molecule has 1 aliphatic heterocycles. The Hall–Kier alpha value is -2.67. The first-order valence-electron chi connectivity index (χ1n) is 7.91. The summed E-state index contributed by atoms with van der Waals surface area (Å²) in [4.78, 5) is 27.3. The summed E-state index contributed by atoms with van der Waals surface area (Å²) in [6, 6.07) is 10.3. The lowest BCUT2D eigenvalue weighted by Crippen LogP contribution is -2.48. The van der Waals surface area contributed by atoms with Crippen molar-refractivity contribution in [3.63, 3.8) is 0 Å². The molecule has 0 atom stereocenters. The molecule has 1 amide bonds. The van der Waals surface area contributed by atoms with Gasteiger partial charge >= 0.3 is 5.97 Å². The molecule has 24 heavy (non-hydrogen) atoms. The van der Waals surface area contributed by atoms with Crippen LogP contribution in [0.3, 0.4) is 0 Å². The van der Waals surface area contributed by atoms with Gasteiger partial charge in [-0.05, 0) is 5.56 Å². The van der Waals surface area contributed by atoms with Gasteiger partial charge in [-0.15, -0.1) is 0 Å². The molecule has 2 aromatic rings. The van der Waals surface area contributed by atoms with E-state index in [4.69, 9.17) is 5.11 Å². The van der Waals surface area contributed by atoms with Crippen molar-refractivity contribution in [3.8, 4) is 0 Å². The standard InChI is InChI=1S/C17H20N4O3/c22-16(23)13-21-12-15(10-18-21)17(24)20-8-6-19(7-9-20)11-14-4-2-1-3-5-14/h1-5,10,12H,6-9,11,13H2,(H,22,23). The smallest absolute Gasteiger partial charge is 0.325 e. The third-order valence-electron chi connectivity index (χ3n) is 4.09. The number of piperazine rings is 1. The lowest BCUT2D eigenvalue weighted by Gasteiger charge is -2.34. The van der Waals surface area contributed by atoms with Gasteiger partial charge in [-0.2, -0.15) is 5.10 Å². The van der Waals surface area contributed by atoms with E-state index in [1.165, 1.54) is 22.6 Å². The SMILES string of the molecule is O=C(O)Cn1cc(C(=O)N2CCN(Cc3ccccc3)CC2)cn1. The molecule has 1 fully saturated rings. The zero-order valence-corrected chi connectivity index (χ0v) is 13.3. The average molecular weight is 328 g/mol. The molecule has 1 saturated heterocycles. The van der Waals surface area contributed by atoms with Crippen LogP contribution < -0.4 is 0 Å².